The molecule has 4 heteroatoms. The number of halogens is 1. The van der Waals surface area contributed by atoms with Gasteiger partial charge in [0.2, 0.25) is 0 Å². The SMILES string of the molecule is CC1(CCl)CCN(Cc2ncccn2)C1. The Balaban J connectivity index is 1.93. The fourth-order valence-electron chi connectivity index (χ4n) is 1.98. The van der Waals surface area contributed by atoms with Crippen LogP contribution in [-0.2, 0) is 6.54 Å². The van der Waals surface area contributed by atoms with Crippen molar-refractivity contribution in [2.45, 2.75) is 19.9 Å². The van der Waals surface area contributed by atoms with E-state index in [-0.39, 0.29) is 5.41 Å². The molecule has 1 atom stereocenters. The first kappa shape index (κ1) is 10.8. The van der Waals surface area contributed by atoms with E-state index >= 15 is 0 Å². The van der Waals surface area contributed by atoms with Crippen molar-refractivity contribution in [2.75, 3.05) is 19.0 Å². The summed E-state index contributed by atoms with van der Waals surface area (Å²) in [6.07, 6.45) is 4.75. The van der Waals surface area contributed by atoms with Crippen molar-refractivity contribution in [3.8, 4) is 0 Å². The molecule has 1 aliphatic rings. The van der Waals surface area contributed by atoms with Gasteiger partial charge in [0, 0.05) is 24.8 Å². The molecule has 0 saturated carbocycles. The molecule has 0 spiro atoms. The van der Waals surface area contributed by atoms with Gasteiger partial charge in [-0.2, -0.15) is 0 Å². The van der Waals surface area contributed by atoms with Gasteiger partial charge in [0.1, 0.15) is 5.82 Å². The van der Waals surface area contributed by atoms with E-state index in [1.807, 2.05) is 6.07 Å². The molecule has 0 bridgehead atoms. The van der Waals surface area contributed by atoms with E-state index in [1.54, 1.807) is 12.4 Å². The molecule has 1 aliphatic heterocycles. The van der Waals surface area contributed by atoms with E-state index in [2.05, 4.69) is 21.8 Å². The number of hydrogen-bond donors (Lipinski definition) is 0. The normalized spacial score (nSPS) is 27.1. The van der Waals surface area contributed by atoms with Gasteiger partial charge in [-0.05, 0) is 24.4 Å². The van der Waals surface area contributed by atoms with Crippen LogP contribution in [0.2, 0.25) is 0 Å². The average molecular weight is 226 g/mol. The number of nitrogens with zero attached hydrogens (tertiary/aromatic N) is 3. The highest BCUT2D eigenvalue weighted by atomic mass is 35.5. The van der Waals surface area contributed by atoms with Crippen LogP contribution >= 0.6 is 11.6 Å². The van der Waals surface area contributed by atoms with Crippen LogP contribution in [0.1, 0.15) is 19.2 Å². The van der Waals surface area contributed by atoms with Gasteiger partial charge < -0.3 is 0 Å². The van der Waals surface area contributed by atoms with Crippen LogP contribution in [0.3, 0.4) is 0 Å². The molecular formula is C11H16ClN3. The second kappa shape index (κ2) is 4.45. The van der Waals surface area contributed by atoms with Crippen molar-refractivity contribution >= 4 is 11.6 Å². The zero-order valence-electron chi connectivity index (χ0n) is 8.99. The molecule has 1 unspecified atom stereocenters. The molecule has 3 nitrogen and oxygen atoms in total. The first-order valence-electron chi connectivity index (χ1n) is 5.26. The molecule has 82 valence electrons. The van der Waals surface area contributed by atoms with Crippen molar-refractivity contribution in [1.82, 2.24) is 14.9 Å². The summed E-state index contributed by atoms with van der Waals surface area (Å²) < 4.78 is 0. The van der Waals surface area contributed by atoms with E-state index < -0.39 is 0 Å². The maximum Gasteiger partial charge on any atom is 0.142 e. The van der Waals surface area contributed by atoms with Crippen LogP contribution in [0.25, 0.3) is 0 Å². The highest BCUT2D eigenvalue weighted by Crippen LogP contribution is 2.31. The van der Waals surface area contributed by atoms with Gasteiger partial charge in [-0.15, -0.1) is 11.6 Å². The summed E-state index contributed by atoms with van der Waals surface area (Å²) in [5, 5.41) is 0. The summed E-state index contributed by atoms with van der Waals surface area (Å²) in [6.45, 7) is 5.23. The molecule has 0 radical (unpaired) electrons. The zero-order valence-corrected chi connectivity index (χ0v) is 9.74. The molecule has 15 heavy (non-hydrogen) atoms. The van der Waals surface area contributed by atoms with Crippen LogP contribution < -0.4 is 0 Å². The molecule has 1 saturated heterocycles. The first-order valence-corrected chi connectivity index (χ1v) is 5.79. The molecule has 0 aliphatic carbocycles. The molecule has 1 fully saturated rings. The summed E-state index contributed by atoms with van der Waals surface area (Å²) in [7, 11) is 0. The molecular weight excluding hydrogens is 210 g/mol. The van der Waals surface area contributed by atoms with Crippen LogP contribution in [0, 0.1) is 5.41 Å². The molecule has 0 amide bonds. The predicted molar refractivity (Wildman–Crippen MR) is 60.8 cm³/mol. The Morgan fingerprint density at radius 1 is 1.47 bits per heavy atom. The van der Waals surface area contributed by atoms with Crippen molar-refractivity contribution in [1.29, 1.82) is 0 Å². The van der Waals surface area contributed by atoms with Crippen molar-refractivity contribution < 1.29 is 0 Å². The second-order valence-electron chi connectivity index (χ2n) is 4.57. The molecule has 0 N–H and O–H groups in total. The van der Waals surface area contributed by atoms with Crippen molar-refractivity contribution in [2.24, 2.45) is 5.41 Å². The van der Waals surface area contributed by atoms with E-state index in [0.717, 1.165) is 31.3 Å². The summed E-state index contributed by atoms with van der Waals surface area (Å²) >= 11 is 5.96. The summed E-state index contributed by atoms with van der Waals surface area (Å²) in [6, 6.07) is 1.84. The maximum atomic E-state index is 5.96. The number of aromatic nitrogens is 2. The Labute approximate surface area is 95.5 Å². The predicted octanol–water partition coefficient (Wildman–Crippen LogP) is 1.93. The van der Waals surface area contributed by atoms with E-state index in [1.165, 1.54) is 6.42 Å². The quantitative estimate of drug-likeness (QED) is 0.737. The van der Waals surface area contributed by atoms with Crippen LogP contribution in [-0.4, -0.2) is 33.8 Å². The first-order chi connectivity index (χ1) is 7.22. The minimum Gasteiger partial charge on any atom is -0.295 e. The van der Waals surface area contributed by atoms with Gasteiger partial charge in [0.05, 0.1) is 6.54 Å². The third kappa shape index (κ3) is 2.67. The van der Waals surface area contributed by atoms with Crippen LogP contribution in [0.5, 0.6) is 0 Å². The minimum absolute atomic E-state index is 0.274. The zero-order chi connectivity index (χ0) is 10.7. The number of likely N-dealkylation sites (tertiary alicyclic amines) is 1. The Bertz CT molecular complexity index is 317. The van der Waals surface area contributed by atoms with Gasteiger partial charge in [0.15, 0.2) is 0 Å². The lowest BCUT2D eigenvalue weighted by atomic mass is 9.93. The molecule has 1 aromatic heterocycles. The van der Waals surface area contributed by atoms with E-state index in [0.29, 0.717) is 0 Å². The standard InChI is InChI=1S/C11H16ClN3/c1-11(8-12)3-6-15(9-11)7-10-13-4-2-5-14-10/h2,4-5H,3,6-9H2,1H3. The third-order valence-corrected chi connectivity index (χ3v) is 3.59. The van der Waals surface area contributed by atoms with Gasteiger partial charge in [-0.25, -0.2) is 9.97 Å². The highest BCUT2D eigenvalue weighted by Gasteiger charge is 2.32. The summed E-state index contributed by atoms with van der Waals surface area (Å²) in [5.41, 5.74) is 0.274. The molecule has 1 aromatic rings. The largest absolute Gasteiger partial charge is 0.295 e. The second-order valence-corrected chi connectivity index (χ2v) is 4.84. The Morgan fingerprint density at radius 3 is 2.80 bits per heavy atom. The van der Waals surface area contributed by atoms with Crippen LogP contribution in [0.4, 0.5) is 0 Å². The Morgan fingerprint density at radius 2 is 2.20 bits per heavy atom. The molecule has 2 rings (SSSR count). The topological polar surface area (TPSA) is 29.0 Å². The molecule has 0 aromatic carbocycles. The van der Waals surface area contributed by atoms with Gasteiger partial charge in [-0.3, -0.25) is 4.90 Å². The number of hydrogen-bond acceptors (Lipinski definition) is 3. The number of rotatable bonds is 3. The summed E-state index contributed by atoms with van der Waals surface area (Å²) in [4.78, 5) is 10.8. The maximum absolute atomic E-state index is 5.96. The van der Waals surface area contributed by atoms with Crippen LogP contribution in [0.15, 0.2) is 18.5 Å². The highest BCUT2D eigenvalue weighted by molar-refractivity contribution is 6.18. The Kier molecular flexibility index (Phi) is 3.22. The fraction of sp³-hybridized carbons (Fsp3) is 0.636. The summed E-state index contributed by atoms with van der Waals surface area (Å²) in [5.74, 6) is 1.63. The monoisotopic (exact) mass is 225 g/mol. The van der Waals surface area contributed by atoms with E-state index in [9.17, 15) is 0 Å². The third-order valence-electron chi connectivity index (χ3n) is 2.94. The Hall–Kier alpha value is -0.670. The van der Waals surface area contributed by atoms with Crippen molar-refractivity contribution in [3.63, 3.8) is 0 Å². The fourth-order valence-corrected chi connectivity index (χ4v) is 2.20. The number of alkyl halides is 1. The lowest BCUT2D eigenvalue weighted by Gasteiger charge is -2.21. The molecule has 2 heterocycles. The average Bonchev–Trinajstić information content (AvgIpc) is 2.63. The minimum atomic E-state index is 0.274. The van der Waals surface area contributed by atoms with E-state index in [4.69, 9.17) is 11.6 Å². The lowest BCUT2D eigenvalue weighted by Crippen LogP contribution is -2.26. The van der Waals surface area contributed by atoms with Crippen molar-refractivity contribution in [3.05, 3.63) is 24.3 Å². The smallest absolute Gasteiger partial charge is 0.142 e. The van der Waals surface area contributed by atoms with Gasteiger partial charge in [0.25, 0.3) is 0 Å². The van der Waals surface area contributed by atoms with Gasteiger partial charge in [-0.1, -0.05) is 6.92 Å². The lowest BCUT2D eigenvalue weighted by molar-refractivity contribution is 0.280. The van der Waals surface area contributed by atoms with Gasteiger partial charge >= 0.3 is 0 Å².